The van der Waals surface area contributed by atoms with E-state index < -0.39 is 11.8 Å². The Morgan fingerprint density at radius 1 is 1.23 bits per heavy atom. The van der Waals surface area contributed by atoms with Crippen molar-refractivity contribution in [2.24, 2.45) is 5.92 Å². The lowest BCUT2D eigenvalue weighted by molar-refractivity contribution is -0.143. The zero-order valence-electron chi connectivity index (χ0n) is 12.4. The molecule has 3 rings (SSSR count). The van der Waals surface area contributed by atoms with Gasteiger partial charge in [-0.1, -0.05) is 12.1 Å². The molecule has 2 nitrogen and oxygen atoms in total. The number of rotatable bonds is 2. The second-order valence-electron chi connectivity index (χ2n) is 6.39. The highest BCUT2D eigenvalue weighted by Gasteiger charge is 2.42. The lowest BCUT2D eigenvalue weighted by Crippen LogP contribution is -2.40. The molecule has 1 aromatic rings. The molecule has 1 heterocycles. The van der Waals surface area contributed by atoms with Gasteiger partial charge < -0.3 is 4.90 Å². The zero-order chi connectivity index (χ0) is 15.7. The predicted molar refractivity (Wildman–Crippen MR) is 77.0 cm³/mol. The first-order valence-electron chi connectivity index (χ1n) is 7.90. The maximum atomic E-state index is 13.6. The van der Waals surface area contributed by atoms with Crippen LogP contribution in [0, 0.1) is 11.7 Å². The quantitative estimate of drug-likeness (QED) is 0.797. The Labute approximate surface area is 128 Å². The smallest absolute Gasteiger partial charge is 0.248 e. The average molecular weight is 311 g/mol. The van der Waals surface area contributed by atoms with Crippen molar-refractivity contribution >= 4 is 5.91 Å². The molecule has 0 aromatic heterocycles. The van der Waals surface area contributed by atoms with Crippen LogP contribution in [0.4, 0.5) is 13.2 Å². The molecule has 1 saturated carbocycles. The third-order valence-electron chi connectivity index (χ3n) is 4.76. The molecule has 1 aliphatic heterocycles. The summed E-state index contributed by atoms with van der Waals surface area (Å²) in [5.74, 6) is -3.85. The number of hydrogen-bond acceptors (Lipinski definition) is 1. The number of amides is 1. The summed E-state index contributed by atoms with van der Waals surface area (Å²) in [6.45, 7) is 0.572. The topological polar surface area (TPSA) is 20.3 Å². The minimum Gasteiger partial charge on any atom is -0.335 e. The Hall–Kier alpha value is -1.52. The van der Waals surface area contributed by atoms with Gasteiger partial charge in [0.15, 0.2) is 0 Å². The molecule has 2 atom stereocenters. The van der Waals surface area contributed by atoms with E-state index in [1.54, 1.807) is 17.0 Å². The van der Waals surface area contributed by atoms with Crippen molar-refractivity contribution in [2.75, 3.05) is 6.54 Å². The summed E-state index contributed by atoms with van der Waals surface area (Å²) >= 11 is 0. The van der Waals surface area contributed by atoms with E-state index in [1.165, 1.54) is 12.1 Å². The van der Waals surface area contributed by atoms with Gasteiger partial charge in [-0.05, 0) is 43.4 Å². The molecule has 22 heavy (non-hydrogen) atoms. The molecule has 1 amide bonds. The molecule has 5 heteroatoms. The number of carbonyl (C=O) groups is 1. The molecule has 120 valence electrons. The maximum Gasteiger partial charge on any atom is 0.248 e. The fourth-order valence-electron chi connectivity index (χ4n) is 3.71. The Morgan fingerprint density at radius 2 is 2.05 bits per heavy atom. The van der Waals surface area contributed by atoms with Crippen molar-refractivity contribution < 1.29 is 18.0 Å². The molecule has 0 radical (unpaired) electrons. The van der Waals surface area contributed by atoms with E-state index in [0.717, 1.165) is 18.4 Å². The lowest BCUT2D eigenvalue weighted by atomic mass is 9.85. The molecule has 2 fully saturated rings. The normalized spacial score (nSPS) is 27.9. The van der Waals surface area contributed by atoms with Crippen molar-refractivity contribution in [2.45, 2.75) is 50.5 Å². The van der Waals surface area contributed by atoms with Crippen LogP contribution in [0.1, 0.15) is 50.1 Å². The summed E-state index contributed by atoms with van der Waals surface area (Å²) in [6, 6.07) is 6.05. The van der Waals surface area contributed by atoms with Gasteiger partial charge in [0.05, 0.1) is 6.04 Å². The first-order chi connectivity index (χ1) is 10.5. The summed E-state index contributed by atoms with van der Waals surface area (Å²) in [5, 5.41) is 0. The van der Waals surface area contributed by atoms with Crippen molar-refractivity contribution in [1.29, 1.82) is 0 Å². The molecule has 0 spiro atoms. The summed E-state index contributed by atoms with van der Waals surface area (Å²) in [7, 11) is 0. The Morgan fingerprint density at radius 3 is 2.77 bits per heavy atom. The third-order valence-corrected chi connectivity index (χ3v) is 4.76. The van der Waals surface area contributed by atoms with Gasteiger partial charge in [0.25, 0.3) is 0 Å². The van der Waals surface area contributed by atoms with Crippen molar-refractivity contribution in [3.05, 3.63) is 35.6 Å². The van der Waals surface area contributed by atoms with Crippen LogP contribution in [0.15, 0.2) is 24.3 Å². The molecule has 0 N–H and O–H groups in total. The second-order valence-corrected chi connectivity index (χ2v) is 6.39. The van der Waals surface area contributed by atoms with Gasteiger partial charge in [0, 0.05) is 25.3 Å². The SMILES string of the molecule is O=C([C@H]1CCCC(F)(F)C1)N1CCC[C@@H]1c1cccc(F)c1. The second kappa shape index (κ2) is 5.94. The van der Waals surface area contributed by atoms with Gasteiger partial charge in [0.1, 0.15) is 5.82 Å². The third kappa shape index (κ3) is 3.13. The number of hydrogen-bond donors (Lipinski definition) is 0. The predicted octanol–water partition coefficient (Wildman–Crippen LogP) is 4.31. The van der Waals surface area contributed by atoms with E-state index in [4.69, 9.17) is 0 Å². The monoisotopic (exact) mass is 311 g/mol. The largest absolute Gasteiger partial charge is 0.335 e. The van der Waals surface area contributed by atoms with E-state index in [0.29, 0.717) is 19.4 Å². The number of carbonyl (C=O) groups excluding carboxylic acids is 1. The van der Waals surface area contributed by atoms with Gasteiger partial charge in [-0.15, -0.1) is 0 Å². The number of likely N-dealkylation sites (tertiary alicyclic amines) is 1. The van der Waals surface area contributed by atoms with Gasteiger partial charge >= 0.3 is 0 Å². The van der Waals surface area contributed by atoms with Crippen molar-refractivity contribution in [3.8, 4) is 0 Å². The van der Waals surface area contributed by atoms with E-state index in [9.17, 15) is 18.0 Å². The molecular formula is C17H20F3NO. The van der Waals surface area contributed by atoms with Crippen LogP contribution in [-0.2, 0) is 4.79 Å². The molecule has 1 aromatic carbocycles. The fraction of sp³-hybridized carbons (Fsp3) is 0.588. The number of benzene rings is 1. The van der Waals surface area contributed by atoms with Crippen molar-refractivity contribution in [3.63, 3.8) is 0 Å². The molecule has 1 aliphatic carbocycles. The van der Waals surface area contributed by atoms with Gasteiger partial charge in [-0.3, -0.25) is 4.79 Å². The van der Waals surface area contributed by atoms with Gasteiger partial charge in [-0.25, -0.2) is 13.2 Å². The first-order valence-corrected chi connectivity index (χ1v) is 7.90. The molecule has 2 aliphatic rings. The summed E-state index contributed by atoms with van der Waals surface area (Å²) in [4.78, 5) is 14.3. The maximum absolute atomic E-state index is 13.6. The zero-order valence-corrected chi connectivity index (χ0v) is 12.4. The molecule has 0 bridgehead atoms. The van der Waals surface area contributed by atoms with Crippen LogP contribution in [0.3, 0.4) is 0 Å². The summed E-state index contributed by atoms with van der Waals surface area (Å²) in [5.41, 5.74) is 0.758. The van der Waals surface area contributed by atoms with E-state index in [-0.39, 0.29) is 30.6 Å². The van der Waals surface area contributed by atoms with Crippen LogP contribution in [0.2, 0.25) is 0 Å². The number of halogens is 3. The van der Waals surface area contributed by atoms with Crippen molar-refractivity contribution in [1.82, 2.24) is 4.90 Å². The van der Waals surface area contributed by atoms with Crippen LogP contribution in [0.5, 0.6) is 0 Å². The van der Waals surface area contributed by atoms with Crippen LogP contribution >= 0.6 is 0 Å². The Bertz CT molecular complexity index is 561. The first kappa shape index (κ1) is 15.4. The van der Waals surface area contributed by atoms with E-state index >= 15 is 0 Å². The van der Waals surface area contributed by atoms with Crippen LogP contribution < -0.4 is 0 Å². The summed E-state index contributed by atoms with van der Waals surface area (Å²) < 4.78 is 40.5. The van der Waals surface area contributed by atoms with Gasteiger partial charge in [0.2, 0.25) is 11.8 Å². The van der Waals surface area contributed by atoms with Crippen LogP contribution in [-0.4, -0.2) is 23.3 Å². The highest BCUT2D eigenvalue weighted by Crippen LogP contribution is 2.40. The van der Waals surface area contributed by atoms with Crippen LogP contribution in [0.25, 0.3) is 0 Å². The standard InChI is InChI=1S/C17H20F3NO/c18-14-6-1-4-12(10-14)15-7-3-9-21(15)16(22)13-5-2-8-17(19,20)11-13/h1,4,6,10,13,15H,2-3,5,7-9,11H2/t13-,15+/m0/s1. The number of alkyl halides is 2. The fourth-order valence-corrected chi connectivity index (χ4v) is 3.71. The molecular weight excluding hydrogens is 291 g/mol. The highest BCUT2D eigenvalue weighted by atomic mass is 19.3. The minimum atomic E-state index is -2.73. The Balaban J connectivity index is 1.76. The van der Waals surface area contributed by atoms with E-state index in [1.807, 2.05) is 0 Å². The van der Waals surface area contributed by atoms with Gasteiger partial charge in [-0.2, -0.15) is 0 Å². The lowest BCUT2D eigenvalue weighted by Gasteiger charge is -2.33. The highest BCUT2D eigenvalue weighted by molar-refractivity contribution is 5.79. The minimum absolute atomic E-state index is 0.121. The molecule has 0 unspecified atom stereocenters. The number of nitrogens with zero attached hydrogens (tertiary/aromatic N) is 1. The Kier molecular flexibility index (Phi) is 4.15. The average Bonchev–Trinajstić information content (AvgIpc) is 2.94. The van der Waals surface area contributed by atoms with E-state index in [2.05, 4.69) is 0 Å². The summed E-state index contributed by atoms with van der Waals surface area (Å²) in [6.07, 6.45) is 2.04. The molecule has 1 saturated heterocycles.